The van der Waals surface area contributed by atoms with Gasteiger partial charge in [0.2, 0.25) is 5.91 Å². The van der Waals surface area contributed by atoms with Crippen molar-refractivity contribution in [1.29, 1.82) is 0 Å². The number of amides is 1. The minimum atomic E-state index is -1.31. The molecular formula is C33H40I3N5O10-2. The Bertz CT molecular complexity index is 1510. The molecule has 1 atom stereocenters. The number of aldehydes is 1. The van der Waals surface area contributed by atoms with Gasteiger partial charge >= 0.3 is 5.97 Å². The van der Waals surface area contributed by atoms with Crippen molar-refractivity contribution in [2.75, 3.05) is 78.5 Å². The smallest absolute Gasteiger partial charge is 0.320 e. The van der Waals surface area contributed by atoms with Crippen LogP contribution in [-0.4, -0.2) is 144 Å². The van der Waals surface area contributed by atoms with Gasteiger partial charge in [-0.25, -0.2) is 0 Å². The maximum absolute atomic E-state index is 12.8. The van der Waals surface area contributed by atoms with Gasteiger partial charge < -0.3 is 44.9 Å². The number of aliphatic carboxylic acids is 3. The number of halogens is 3. The van der Waals surface area contributed by atoms with Crippen LogP contribution >= 0.6 is 67.8 Å². The van der Waals surface area contributed by atoms with Crippen molar-refractivity contribution in [3.05, 3.63) is 46.6 Å². The van der Waals surface area contributed by atoms with Crippen LogP contribution in [0.4, 0.5) is 0 Å². The van der Waals surface area contributed by atoms with E-state index in [0.29, 0.717) is 41.1 Å². The predicted octanol–water partition coefficient (Wildman–Crippen LogP) is -0.189. The van der Waals surface area contributed by atoms with Crippen molar-refractivity contribution in [2.45, 2.75) is 25.3 Å². The predicted molar refractivity (Wildman–Crippen MR) is 207 cm³/mol. The number of carbonyl (C=O) groups excluding carboxylic acids is 4. The monoisotopic (exact) mass is 1050 g/mol. The van der Waals surface area contributed by atoms with Gasteiger partial charge in [-0.15, -0.1) is 0 Å². The second kappa shape index (κ2) is 22.0. The van der Waals surface area contributed by atoms with Gasteiger partial charge in [-0.1, -0.05) is 0 Å². The Labute approximate surface area is 337 Å². The Kier molecular flexibility index (Phi) is 18.5. The molecule has 15 nitrogen and oxygen atoms in total. The molecule has 0 aliphatic carbocycles. The van der Waals surface area contributed by atoms with Crippen molar-refractivity contribution in [3.63, 3.8) is 0 Å². The zero-order valence-corrected chi connectivity index (χ0v) is 34.2. The van der Waals surface area contributed by atoms with Crippen LogP contribution in [0, 0.1) is 10.7 Å². The number of phenols is 1. The molecule has 1 amide bonds. The van der Waals surface area contributed by atoms with E-state index in [1.54, 1.807) is 32.9 Å². The number of carbonyl (C=O) groups is 5. The van der Waals surface area contributed by atoms with E-state index in [1.165, 1.54) is 0 Å². The van der Waals surface area contributed by atoms with Gasteiger partial charge in [-0.05, 0) is 117 Å². The number of carboxylic acid groups (broad SMARTS) is 3. The Balaban J connectivity index is 1.61. The summed E-state index contributed by atoms with van der Waals surface area (Å²) in [6, 6.07) is 7.74. The minimum Gasteiger partial charge on any atom is -0.549 e. The molecule has 0 aromatic heterocycles. The SMILES string of the molecule is O=CCN1CCN(CC(=O)[O-])CCN(CC(=O)[O-])CCN(C(CCCNC(=O)Cc2cc(I)c(Oc3ccc(O)c(I)c3)c(I)c2)C(=O)O)CC1. The van der Waals surface area contributed by atoms with Gasteiger partial charge in [-0.3, -0.25) is 29.2 Å². The molecule has 1 unspecified atom stereocenters. The number of nitrogens with one attached hydrogen (secondary N) is 1. The van der Waals surface area contributed by atoms with Crippen LogP contribution in [0.3, 0.4) is 0 Å². The molecule has 0 saturated carbocycles. The van der Waals surface area contributed by atoms with E-state index in [0.717, 1.165) is 19.0 Å². The topological polar surface area (TPSA) is 206 Å². The van der Waals surface area contributed by atoms with Crippen LogP contribution in [0.5, 0.6) is 17.2 Å². The third-order valence-electron chi connectivity index (χ3n) is 8.17. The largest absolute Gasteiger partial charge is 0.549 e. The quantitative estimate of drug-likeness (QED) is 0.113. The average molecular weight is 1050 g/mol. The maximum atomic E-state index is 12.8. The first kappa shape index (κ1) is 43.0. The normalized spacial score (nSPS) is 16.4. The first-order valence-electron chi connectivity index (χ1n) is 16.1. The molecule has 1 heterocycles. The van der Waals surface area contributed by atoms with E-state index in [9.17, 15) is 44.4 Å². The standard InChI is InChI=1S/C33H42I3N5O10/c34-24-19-23(3-4-28(24)43)51-32-25(35)16-22(17-26(32)36)18-29(44)37-5-1-2-27(33(49)50)41-12-10-38(14-15-42)6-7-39(20-30(45)46)8-9-40(11-13-41)21-31(47)48/h3-4,15-17,19,27,43H,1-2,5-14,18,20-21H2,(H,37,44)(H,45,46)(H,47,48)(H,49,50)/p-2. The Hall–Kier alpha value is -2.38. The van der Waals surface area contributed by atoms with Crippen LogP contribution in [0.25, 0.3) is 0 Å². The van der Waals surface area contributed by atoms with E-state index >= 15 is 0 Å². The molecule has 2 aromatic carbocycles. The molecular weight excluding hydrogens is 1010 g/mol. The molecule has 51 heavy (non-hydrogen) atoms. The van der Waals surface area contributed by atoms with Crippen LogP contribution in [0.1, 0.15) is 18.4 Å². The van der Waals surface area contributed by atoms with E-state index in [-0.39, 0.29) is 76.9 Å². The van der Waals surface area contributed by atoms with Crippen molar-refractivity contribution in [3.8, 4) is 17.2 Å². The zero-order valence-electron chi connectivity index (χ0n) is 27.7. The fourth-order valence-corrected chi connectivity index (χ4v) is 8.15. The lowest BCUT2D eigenvalue weighted by Crippen LogP contribution is -2.52. The van der Waals surface area contributed by atoms with E-state index in [4.69, 9.17) is 4.74 Å². The van der Waals surface area contributed by atoms with Crippen molar-refractivity contribution in [2.24, 2.45) is 0 Å². The Morgan fingerprint density at radius 2 is 1.39 bits per heavy atom. The van der Waals surface area contributed by atoms with Gasteiger partial charge in [0.25, 0.3) is 0 Å². The third-order valence-corrected chi connectivity index (χ3v) is 10.6. The maximum Gasteiger partial charge on any atom is 0.320 e. The summed E-state index contributed by atoms with van der Waals surface area (Å²) < 4.78 is 8.32. The number of hydrogen-bond acceptors (Lipinski definition) is 13. The highest BCUT2D eigenvalue weighted by atomic mass is 127. The van der Waals surface area contributed by atoms with Gasteiger partial charge in [-0.2, -0.15) is 0 Å². The van der Waals surface area contributed by atoms with Crippen LogP contribution in [-0.2, 0) is 30.4 Å². The molecule has 1 aliphatic heterocycles. The molecule has 0 spiro atoms. The molecule has 3 rings (SSSR count). The summed E-state index contributed by atoms with van der Waals surface area (Å²) in [4.78, 5) is 66.2. The summed E-state index contributed by atoms with van der Waals surface area (Å²) in [5, 5.41) is 45.6. The number of nitrogens with zero attached hydrogens (tertiary/aromatic N) is 4. The summed E-state index contributed by atoms with van der Waals surface area (Å²) in [6.45, 7) is 1.63. The molecule has 280 valence electrons. The molecule has 1 aliphatic rings. The summed E-state index contributed by atoms with van der Waals surface area (Å²) in [6.07, 6.45) is 1.42. The first-order valence-corrected chi connectivity index (χ1v) is 19.4. The molecule has 1 fully saturated rings. The van der Waals surface area contributed by atoms with Gasteiger partial charge in [0.1, 0.15) is 23.8 Å². The summed E-state index contributed by atoms with van der Waals surface area (Å²) in [5.74, 6) is -2.49. The van der Waals surface area contributed by atoms with E-state index in [2.05, 4.69) is 50.5 Å². The number of rotatable bonds is 16. The van der Waals surface area contributed by atoms with Crippen LogP contribution in [0.2, 0.25) is 0 Å². The highest BCUT2D eigenvalue weighted by Crippen LogP contribution is 2.35. The van der Waals surface area contributed by atoms with Gasteiger partial charge in [0.15, 0.2) is 5.75 Å². The number of carboxylic acids is 3. The highest BCUT2D eigenvalue weighted by molar-refractivity contribution is 14.1. The number of ether oxygens (including phenoxy) is 1. The molecule has 0 bridgehead atoms. The fourth-order valence-electron chi connectivity index (χ4n) is 5.55. The van der Waals surface area contributed by atoms with E-state index in [1.807, 2.05) is 39.6 Å². The summed E-state index contributed by atoms with van der Waals surface area (Å²) >= 11 is 6.31. The van der Waals surface area contributed by atoms with Crippen molar-refractivity contribution < 1.29 is 49.1 Å². The Morgan fingerprint density at radius 1 is 0.843 bits per heavy atom. The second-order valence-electron chi connectivity index (χ2n) is 11.9. The third kappa shape index (κ3) is 15.2. The minimum absolute atomic E-state index is 0.0826. The molecule has 1 saturated heterocycles. The van der Waals surface area contributed by atoms with Gasteiger partial charge in [0.05, 0.1) is 35.6 Å². The van der Waals surface area contributed by atoms with E-state index < -0.39 is 30.5 Å². The second-order valence-corrected chi connectivity index (χ2v) is 15.4. The Morgan fingerprint density at radius 3 is 1.92 bits per heavy atom. The lowest BCUT2D eigenvalue weighted by molar-refractivity contribution is -0.308. The summed E-state index contributed by atoms with van der Waals surface area (Å²) in [5.41, 5.74) is 0.778. The molecule has 18 heteroatoms. The van der Waals surface area contributed by atoms with Crippen LogP contribution < -0.4 is 20.3 Å². The fraction of sp³-hybridized carbons (Fsp3) is 0.485. The van der Waals surface area contributed by atoms with Crippen molar-refractivity contribution >= 4 is 97.9 Å². The lowest BCUT2D eigenvalue weighted by atomic mass is 10.1. The molecule has 3 N–H and O–H groups in total. The number of phenolic OH excluding ortho intramolecular Hbond substituents is 1. The van der Waals surface area contributed by atoms with Crippen molar-refractivity contribution in [1.82, 2.24) is 24.9 Å². The summed E-state index contributed by atoms with van der Waals surface area (Å²) in [7, 11) is 0. The van der Waals surface area contributed by atoms with Crippen LogP contribution in [0.15, 0.2) is 30.3 Å². The number of aromatic hydroxyl groups is 1. The molecule has 2 aromatic rings. The number of benzene rings is 2. The zero-order chi connectivity index (χ0) is 37.5. The number of hydrogen-bond donors (Lipinski definition) is 3. The van der Waals surface area contributed by atoms with Gasteiger partial charge in [0, 0.05) is 72.0 Å². The molecule has 0 radical (unpaired) electrons. The highest BCUT2D eigenvalue weighted by Gasteiger charge is 2.27. The lowest BCUT2D eigenvalue weighted by Gasteiger charge is -2.36. The first-order chi connectivity index (χ1) is 24.2. The average Bonchev–Trinajstić information content (AvgIpc) is 3.04.